The number of ketones is 1. The molecule has 0 bridgehead atoms. The smallest absolute Gasteiger partial charge is 0.139 e. The maximum absolute atomic E-state index is 12.6. The Hall–Kier alpha value is -0.700. The van der Waals surface area contributed by atoms with Crippen molar-refractivity contribution in [1.29, 1.82) is 0 Å². The second-order valence-electron chi connectivity index (χ2n) is 6.60. The zero-order valence-electron chi connectivity index (χ0n) is 11.9. The first-order chi connectivity index (χ1) is 9.18. The van der Waals surface area contributed by atoms with Gasteiger partial charge in [0.05, 0.1) is 6.10 Å². The summed E-state index contributed by atoms with van der Waals surface area (Å²) >= 11 is 0. The third kappa shape index (κ3) is 2.62. The summed E-state index contributed by atoms with van der Waals surface area (Å²) in [5, 5.41) is 10.2. The predicted octanol–water partition coefficient (Wildman–Crippen LogP) is 2.60. The lowest BCUT2D eigenvalue weighted by Crippen LogP contribution is -2.50. The Morgan fingerprint density at radius 3 is 2.53 bits per heavy atom. The van der Waals surface area contributed by atoms with Crippen LogP contribution in [0.25, 0.3) is 0 Å². The van der Waals surface area contributed by atoms with E-state index in [4.69, 9.17) is 4.79 Å². The summed E-state index contributed by atoms with van der Waals surface area (Å²) in [6.45, 7) is 4.21. The Morgan fingerprint density at radius 2 is 1.79 bits per heavy atom. The third-order valence-electron chi connectivity index (χ3n) is 5.66. The highest BCUT2D eigenvalue weighted by molar-refractivity contribution is 5.85. The summed E-state index contributed by atoms with van der Waals surface area (Å²) in [4.78, 5) is 20.6. The Kier molecular flexibility index (Phi) is 4.77. The largest absolute Gasteiger partial charge is 0.393 e. The first kappa shape index (κ1) is 14.7. The van der Waals surface area contributed by atoms with Gasteiger partial charge in [0, 0.05) is 11.8 Å². The van der Waals surface area contributed by atoms with Gasteiger partial charge in [-0.2, -0.15) is 0 Å². The lowest BCUT2D eigenvalue weighted by Gasteiger charge is -2.48. The first-order valence-electron chi connectivity index (χ1n) is 7.69. The van der Waals surface area contributed by atoms with Crippen molar-refractivity contribution >= 4 is 12.6 Å². The Balaban J connectivity index is 0.000000637. The normalized spacial score (nSPS) is 45.5. The van der Waals surface area contributed by atoms with Crippen molar-refractivity contribution < 1.29 is 14.7 Å². The molecule has 6 unspecified atom stereocenters. The summed E-state index contributed by atoms with van der Waals surface area (Å²) in [6, 6.07) is 0. The van der Waals surface area contributed by atoms with Crippen molar-refractivity contribution in [2.75, 3.05) is 0 Å². The molecule has 3 aliphatic carbocycles. The number of aliphatic hydroxyl groups excluding tert-OH is 1. The highest BCUT2D eigenvalue weighted by Crippen LogP contribution is 2.49. The van der Waals surface area contributed by atoms with Crippen LogP contribution in [0.15, 0.2) is 0 Å². The molecule has 6 atom stereocenters. The van der Waals surface area contributed by atoms with Crippen molar-refractivity contribution in [3.63, 3.8) is 0 Å². The van der Waals surface area contributed by atoms with Crippen LogP contribution in [0.1, 0.15) is 51.9 Å². The molecule has 0 aromatic carbocycles. The quantitative estimate of drug-likeness (QED) is 0.733. The molecule has 0 radical (unpaired) electrons. The second kappa shape index (κ2) is 6.17. The van der Waals surface area contributed by atoms with E-state index >= 15 is 0 Å². The molecule has 0 spiro atoms. The Bertz CT molecular complexity index is 328. The molecule has 3 heteroatoms. The van der Waals surface area contributed by atoms with E-state index in [-0.39, 0.29) is 17.9 Å². The van der Waals surface area contributed by atoms with E-state index in [1.807, 2.05) is 6.79 Å². The van der Waals surface area contributed by atoms with E-state index in [0.29, 0.717) is 23.5 Å². The summed E-state index contributed by atoms with van der Waals surface area (Å²) in [6.07, 6.45) is 7.73. The molecule has 3 nitrogen and oxygen atoms in total. The molecule has 1 N–H and O–H groups in total. The van der Waals surface area contributed by atoms with E-state index in [9.17, 15) is 9.90 Å². The van der Waals surface area contributed by atoms with Gasteiger partial charge in [0.15, 0.2) is 0 Å². The topological polar surface area (TPSA) is 54.4 Å². The van der Waals surface area contributed by atoms with E-state index in [1.54, 1.807) is 0 Å². The molecule has 0 aliphatic heterocycles. The third-order valence-corrected chi connectivity index (χ3v) is 5.66. The monoisotopic (exact) mass is 266 g/mol. The van der Waals surface area contributed by atoms with Gasteiger partial charge < -0.3 is 9.90 Å². The fraction of sp³-hybridized carbons (Fsp3) is 0.875. The van der Waals surface area contributed by atoms with Gasteiger partial charge in [-0.1, -0.05) is 19.8 Å². The maximum atomic E-state index is 12.6. The van der Waals surface area contributed by atoms with Crippen LogP contribution in [-0.2, 0) is 9.59 Å². The summed E-state index contributed by atoms with van der Waals surface area (Å²) < 4.78 is 0. The van der Waals surface area contributed by atoms with Gasteiger partial charge in [0.1, 0.15) is 12.6 Å². The van der Waals surface area contributed by atoms with Gasteiger partial charge in [0.2, 0.25) is 0 Å². The molecule has 3 saturated carbocycles. The van der Waals surface area contributed by atoms with Crippen LogP contribution in [0, 0.1) is 29.6 Å². The lowest BCUT2D eigenvalue weighted by atomic mass is 9.56. The van der Waals surface area contributed by atoms with Crippen LogP contribution in [0.4, 0.5) is 0 Å². The van der Waals surface area contributed by atoms with Crippen molar-refractivity contribution in [1.82, 2.24) is 0 Å². The van der Waals surface area contributed by atoms with E-state index in [2.05, 4.69) is 6.92 Å². The Morgan fingerprint density at radius 1 is 1.11 bits per heavy atom. The average Bonchev–Trinajstić information content (AvgIpc) is 2.45. The van der Waals surface area contributed by atoms with Gasteiger partial charge in [0.25, 0.3) is 0 Å². The number of carbonyl (C=O) groups excluding carboxylic acids is 2. The molecule has 0 aromatic rings. The maximum Gasteiger partial charge on any atom is 0.139 e. The van der Waals surface area contributed by atoms with Crippen LogP contribution >= 0.6 is 0 Å². The highest BCUT2D eigenvalue weighted by atomic mass is 16.3. The number of carbonyl (C=O) groups is 2. The average molecular weight is 266 g/mol. The van der Waals surface area contributed by atoms with Gasteiger partial charge in [-0.05, 0) is 49.9 Å². The molecule has 3 rings (SSSR count). The number of aliphatic hydroxyl groups is 1. The number of hydrogen-bond donors (Lipinski definition) is 1. The van der Waals surface area contributed by atoms with Gasteiger partial charge >= 0.3 is 0 Å². The zero-order chi connectivity index (χ0) is 14.0. The van der Waals surface area contributed by atoms with Crippen LogP contribution < -0.4 is 0 Å². The molecule has 0 saturated heterocycles. The minimum absolute atomic E-state index is 0.179. The molecule has 0 amide bonds. The number of Topliss-reactive ketones (excluding diaryl/α,β-unsaturated/α-hetero) is 1. The van der Waals surface area contributed by atoms with Crippen LogP contribution in [0.5, 0.6) is 0 Å². The van der Waals surface area contributed by atoms with Gasteiger partial charge in [-0.3, -0.25) is 4.79 Å². The molecule has 3 aliphatic rings. The van der Waals surface area contributed by atoms with Gasteiger partial charge in [-0.25, -0.2) is 0 Å². The van der Waals surface area contributed by atoms with Crippen molar-refractivity contribution in [2.45, 2.75) is 58.0 Å². The van der Waals surface area contributed by atoms with Crippen molar-refractivity contribution in [2.24, 2.45) is 29.6 Å². The summed E-state index contributed by atoms with van der Waals surface area (Å²) in [7, 11) is 0. The van der Waals surface area contributed by atoms with Crippen LogP contribution in [0.2, 0.25) is 0 Å². The molecular formula is C16H26O3. The summed E-state index contributed by atoms with van der Waals surface area (Å²) in [5.41, 5.74) is 0. The number of fused-ring (bicyclic) bond motifs is 2. The zero-order valence-corrected chi connectivity index (χ0v) is 11.9. The molecule has 3 fully saturated rings. The van der Waals surface area contributed by atoms with Crippen molar-refractivity contribution in [3.05, 3.63) is 0 Å². The minimum atomic E-state index is -0.206. The number of rotatable bonds is 0. The van der Waals surface area contributed by atoms with Crippen molar-refractivity contribution in [3.8, 4) is 0 Å². The predicted molar refractivity (Wildman–Crippen MR) is 73.6 cm³/mol. The van der Waals surface area contributed by atoms with E-state index in [1.165, 1.54) is 19.3 Å². The van der Waals surface area contributed by atoms with Gasteiger partial charge in [-0.15, -0.1) is 0 Å². The van der Waals surface area contributed by atoms with E-state index in [0.717, 1.165) is 25.7 Å². The van der Waals surface area contributed by atoms with Crippen LogP contribution in [0.3, 0.4) is 0 Å². The molecular weight excluding hydrogens is 240 g/mol. The van der Waals surface area contributed by atoms with E-state index < -0.39 is 0 Å². The first-order valence-corrected chi connectivity index (χ1v) is 7.69. The molecule has 0 aromatic heterocycles. The minimum Gasteiger partial charge on any atom is -0.393 e. The molecule has 19 heavy (non-hydrogen) atoms. The fourth-order valence-electron chi connectivity index (χ4n) is 4.74. The molecule has 0 heterocycles. The molecule has 108 valence electrons. The second-order valence-corrected chi connectivity index (χ2v) is 6.60. The summed E-state index contributed by atoms with van der Waals surface area (Å²) in [5.74, 6) is 2.41. The lowest BCUT2D eigenvalue weighted by molar-refractivity contribution is -0.146. The highest BCUT2D eigenvalue weighted by Gasteiger charge is 2.49. The Labute approximate surface area is 115 Å². The fourth-order valence-corrected chi connectivity index (χ4v) is 4.74. The van der Waals surface area contributed by atoms with Crippen LogP contribution in [-0.4, -0.2) is 23.8 Å². The SMILES string of the molecule is C=O.CC1CCC(O)C2CC3CCCCC3C(=O)C12. The standard InChI is InChI=1S/C15H24O2.CH2O/c1-9-6-7-13(16)12-8-10-4-2-3-5-11(10)15(17)14(9)12;1-2/h9-14,16H,2-8H2,1H3;1H2. The number of hydrogen-bond acceptors (Lipinski definition) is 3.